The van der Waals surface area contributed by atoms with E-state index >= 15 is 0 Å². The fraction of sp³-hybridized carbons (Fsp3) is 0.455. The van der Waals surface area contributed by atoms with Crippen LogP contribution in [-0.4, -0.2) is 44.0 Å². The second-order valence-corrected chi connectivity index (χ2v) is 8.78. The molecule has 33 heavy (non-hydrogen) atoms. The highest BCUT2D eigenvalue weighted by Gasteiger charge is 2.33. The average molecular weight is 461 g/mol. The first-order chi connectivity index (χ1) is 15.4. The first-order valence-corrected chi connectivity index (χ1v) is 10.6. The van der Waals surface area contributed by atoms with Crippen LogP contribution in [-0.2, 0) is 6.18 Å². The number of hydrogen-bond acceptors (Lipinski definition) is 8. The average Bonchev–Trinajstić information content (AvgIpc) is 2.74. The number of nitrogens with one attached hydrogen (secondary N) is 1. The number of fused-ring (bicyclic) bond motifs is 1. The first-order valence-electron chi connectivity index (χ1n) is 10.6. The van der Waals surface area contributed by atoms with Crippen molar-refractivity contribution in [3.63, 3.8) is 0 Å². The van der Waals surface area contributed by atoms with E-state index in [1.807, 2.05) is 13.0 Å². The van der Waals surface area contributed by atoms with Crippen molar-refractivity contribution >= 4 is 28.1 Å². The molecule has 0 unspecified atom stereocenters. The predicted molar refractivity (Wildman–Crippen MR) is 120 cm³/mol. The third-order valence-corrected chi connectivity index (χ3v) is 5.93. The van der Waals surface area contributed by atoms with Crippen molar-refractivity contribution in [1.82, 2.24) is 20.2 Å². The van der Waals surface area contributed by atoms with E-state index in [0.717, 1.165) is 11.8 Å². The van der Waals surface area contributed by atoms with Gasteiger partial charge in [0, 0.05) is 24.2 Å². The second kappa shape index (κ2) is 8.29. The molecular formula is C22H26F3N7O. The molecule has 1 aliphatic heterocycles. The molecule has 0 amide bonds. The molecule has 1 saturated heterocycles. The number of alkyl halides is 3. The molecule has 0 saturated carbocycles. The minimum Gasteiger partial charge on any atom is -0.399 e. The number of aromatic nitrogens is 4. The summed E-state index contributed by atoms with van der Waals surface area (Å²) in [5, 5.41) is 22.4. The molecule has 0 radical (unpaired) electrons. The quantitative estimate of drug-likeness (QED) is 0.537. The van der Waals surface area contributed by atoms with Gasteiger partial charge in [0.25, 0.3) is 0 Å². The topological polar surface area (TPSA) is 113 Å². The Kier molecular flexibility index (Phi) is 5.77. The summed E-state index contributed by atoms with van der Waals surface area (Å²) in [6.07, 6.45) is -1.55. The standard InChI is InChI=1S/C22H26F3N7O/c1-12(17-8-14(26)9-18(29-17)22(23,24)25)28-20-16-10-15(11-27-19(16)13(2)30-31-20)32-6-4-21(3,33)5-7-32/h8-12,33H,4-7H2,1-3H3,(H2,26,29)(H,28,31)/t12-/m1/s1. The molecule has 11 heteroatoms. The predicted octanol–water partition coefficient (Wildman–Crippen LogP) is 3.85. The highest BCUT2D eigenvalue weighted by atomic mass is 19.4. The Balaban J connectivity index is 1.67. The van der Waals surface area contributed by atoms with Crippen LogP contribution in [0.1, 0.15) is 49.8 Å². The number of nitrogens with zero attached hydrogens (tertiary/aromatic N) is 5. The highest BCUT2D eigenvalue weighted by Crippen LogP contribution is 2.33. The van der Waals surface area contributed by atoms with E-state index in [9.17, 15) is 18.3 Å². The molecule has 0 bridgehead atoms. The molecular weight excluding hydrogens is 435 g/mol. The molecule has 3 aromatic heterocycles. The summed E-state index contributed by atoms with van der Waals surface area (Å²) >= 11 is 0. The summed E-state index contributed by atoms with van der Waals surface area (Å²) in [5.74, 6) is 0.388. The van der Waals surface area contributed by atoms with E-state index in [1.54, 1.807) is 20.0 Å². The number of nitrogens with two attached hydrogens (primary N) is 1. The summed E-state index contributed by atoms with van der Waals surface area (Å²) in [4.78, 5) is 10.4. The SMILES string of the molecule is Cc1nnc(N[C@H](C)c2cc(N)cc(C(F)(F)F)n2)c2cc(N3CCC(C)(O)CC3)cnc12. The van der Waals surface area contributed by atoms with Crippen molar-refractivity contribution in [3.8, 4) is 0 Å². The second-order valence-electron chi connectivity index (χ2n) is 8.78. The molecule has 1 atom stereocenters. The van der Waals surface area contributed by atoms with Crippen LogP contribution in [0.4, 0.5) is 30.4 Å². The molecule has 0 spiro atoms. The monoisotopic (exact) mass is 461 g/mol. The lowest BCUT2D eigenvalue weighted by Gasteiger charge is -2.37. The van der Waals surface area contributed by atoms with Gasteiger partial charge in [0.2, 0.25) is 0 Å². The van der Waals surface area contributed by atoms with Crippen molar-refractivity contribution in [2.24, 2.45) is 0 Å². The molecule has 0 aliphatic carbocycles. The number of pyridine rings is 2. The summed E-state index contributed by atoms with van der Waals surface area (Å²) in [6, 6.07) is 3.53. The van der Waals surface area contributed by atoms with Crippen LogP contribution < -0.4 is 16.0 Å². The van der Waals surface area contributed by atoms with Crippen LogP contribution in [0.25, 0.3) is 10.9 Å². The van der Waals surface area contributed by atoms with Crippen LogP contribution in [0.2, 0.25) is 0 Å². The van der Waals surface area contributed by atoms with Gasteiger partial charge in [0.15, 0.2) is 5.82 Å². The molecule has 4 rings (SSSR count). The summed E-state index contributed by atoms with van der Waals surface area (Å²) in [7, 11) is 0. The first kappa shape index (κ1) is 23.0. The maximum atomic E-state index is 13.2. The fourth-order valence-electron chi connectivity index (χ4n) is 3.89. The third-order valence-electron chi connectivity index (χ3n) is 5.93. The highest BCUT2D eigenvalue weighted by molar-refractivity contribution is 5.92. The summed E-state index contributed by atoms with van der Waals surface area (Å²) in [5.41, 5.74) is 6.24. The number of piperidine rings is 1. The fourth-order valence-corrected chi connectivity index (χ4v) is 3.89. The minimum atomic E-state index is -4.60. The molecule has 0 aromatic carbocycles. The van der Waals surface area contributed by atoms with Gasteiger partial charge >= 0.3 is 6.18 Å². The number of rotatable bonds is 4. The molecule has 3 aromatic rings. The van der Waals surface area contributed by atoms with Crippen molar-refractivity contribution in [2.75, 3.05) is 29.0 Å². The van der Waals surface area contributed by atoms with Crippen LogP contribution >= 0.6 is 0 Å². The smallest absolute Gasteiger partial charge is 0.399 e. The lowest BCUT2D eigenvalue weighted by molar-refractivity contribution is -0.141. The van der Waals surface area contributed by atoms with Gasteiger partial charge in [0.1, 0.15) is 5.69 Å². The number of aliphatic hydroxyl groups is 1. The Labute approximate surface area is 189 Å². The van der Waals surface area contributed by atoms with E-state index in [2.05, 4.69) is 30.4 Å². The van der Waals surface area contributed by atoms with Crippen LogP contribution in [0.15, 0.2) is 24.4 Å². The normalized spacial score (nSPS) is 17.2. The third kappa shape index (κ3) is 4.92. The Hall–Kier alpha value is -3.21. The lowest BCUT2D eigenvalue weighted by atomic mass is 9.93. The molecule has 1 fully saturated rings. The Morgan fingerprint density at radius 2 is 1.88 bits per heavy atom. The zero-order chi connectivity index (χ0) is 24.0. The van der Waals surface area contributed by atoms with Gasteiger partial charge in [-0.3, -0.25) is 4.98 Å². The van der Waals surface area contributed by atoms with E-state index in [4.69, 9.17) is 5.73 Å². The van der Waals surface area contributed by atoms with E-state index < -0.39 is 23.5 Å². The van der Waals surface area contributed by atoms with Gasteiger partial charge in [-0.2, -0.15) is 18.3 Å². The van der Waals surface area contributed by atoms with E-state index in [-0.39, 0.29) is 11.4 Å². The largest absolute Gasteiger partial charge is 0.433 e. The Morgan fingerprint density at radius 1 is 1.18 bits per heavy atom. The molecule has 4 N–H and O–H groups in total. The van der Waals surface area contributed by atoms with Crippen molar-refractivity contribution in [2.45, 2.75) is 51.4 Å². The number of halogens is 3. The zero-order valence-electron chi connectivity index (χ0n) is 18.6. The Morgan fingerprint density at radius 3 is 2.55 bits per heavy atom. The minimum absolute atomic E-state index is 0.0224. The number of aryl methyl sites for hydroxylation is 1. The van der Waals surface area contributed by atoms with Gasteiger partial charge in [0.05, 0.1) is 40.4 Å². The summed E-state index contributed by atoms with van der Waals surface area (Å²) in [6.45, 7) is 6.68. The van der Waals surface area contributed by atoms with Crippen molar-refractivity contribution in [3.05, 3.63) is 41.5 Å². The van der Waals surface area contributed by atoms with Gasteiger partial charge in [-0.25, -0.2) is 4.98 Å². The van der Waals surface area contributed by atoms with Crippen LogP contribution in [0.5, 0.6) is 0 Å². The Bertz CT molecular complexity index is 1170. The lowest BCUT2D eigenvalue weighted by Crippen LogP contribution is -2.42. The van der Waals surface area contributed by atoms with Gasteiger partial charge in [-0.1, -0.05) is 0 Å². The van der Waals surface area contributed by atoms with Crippen LogP contribution in [0, 0.1) is 6.92 Å². The summed E-state index contributed by atoms with van der Waals surface area (Å²) < 4.78 is 39.5. The maximum Gasteiger partial charge on any atom is 0.433 e. The number of hydrogen-bond donors (Lipinski definition) is 3. The van der Waals surface area contributed by atoms with Crippen LogP contribution in [0.3, 0.4) is 0 Å². The van der Waals surface area contributed by atoms with E-state index in [0.29, 0.717) is 48.3 Å². The van der Waals surface area contributed by atoms with E-state index in [1.165, 1.54) is 6.07 Å². The molecule has 8 nitrogen and oxygen atoms in total. The zero-order valence-corrected chi connectivity index (χ0v) is 18.6. The number of nitrogen functional groups attached to an aromatic ring is 1. The maximum absolute atomic E-state index is 13.2. The van der Waals surface area contributed by atoms with Gasteiger partial charge in [-0.05, 0) is 51.8 Å². The number of anilines is 3. The molecule has 4 heterocycles. The van der Waals surface area contributed by atoms with Gasteiger partial charge in [-0.15, -0.1) is 5.10 Å². The van der Waals surface area contributed by atoms with Crippen molar-refractivity contribution < 1.29 is 18.3 Å². The molecule has 1 aliphatic rings. The molecule has 176 valence electrons. The van der Waals surface area contributed by atoms with Crippen molar-refractivity contribution in [1.29, 1.82) is 0 Å². The van der Waals surface area contributed by atoms with Gasteiger partial charge < -0.3 is 21.1 Å².